The van der Waals surface area contributed by atoms with Gasteiger partial charge in [0, 0.05) is 18.7 Å². The average Bonchev–Trinajstić information content (AvgIpc) is 2.75. The predicted molar refractivity (Wildman–Crippen MR) is 71.4 cm³/mol. The van der Waals surface area contributed by atoms with Gasteiger partial charge in [-0.3, -0.25) is 4.79 Å². The summed E-state index contributed by atoms with van der Waals surface area (Å²) in [6, 6.07) is 7.97. The molecule has 1 fully saturated rings. The molecular formula is C15H20N2O. The van der Waals surface area contributed by atoms with E-state index in [4.69, 9.17) is 0 Å². The Balaban J connectivity index is 1.57. The van der Waals surface area contributed by atoms with Gasteiger partial charge in [-0.15, -0.1) is 0 Å². The summed E-state index contributed by atoms with van der Waals surface area (Å²) in [7, 11) is 0. The van der Waals surface area contributed by atoms with E-state index in [1.165, 1.54) is 18.4 Å². The van der Waals surface area contributed by atoms with E-state index in [1.807, 2.05) is 23.1 Å². The van der Waals surface area contributed by atoms with Gasteiger partial charge in [0.25, 0.3) is 5.91 Å². The molecule has 1 amide bonds. The minimum atomic E-state index is 0.217. The molecule has 2 aliphatic rings. The van der Waals surface area contributed by atoms with E-state index < -0.39 is 0 Å². The number of hydrogen-bond donors (Lipinski definition) is 1. The molecule has 18 heavy (non-hydrogen) atoms. The van der Waals surface area contributed by atoms with E-state index >= 15 is 0 Å². The maximum atomic E-state index is 12.2. The topological polar surface area (TPSA) is 32.3 Å². The number of carbonyl (C=O) groups is 1. The normalized spacial score (nSPS) is 23.2. The van der Waals surface area contributed by atoms with E-state index in [0.29, 0.717) is 0 Å². The molecule has 3 heteroatoms. The van der Waals surface area contributed by atoms with Gasteiger partial charge in [0.2, 0.25) is 0 Å². The number of amides is 1. The molecule has 0 bridgehead atoms. The zero-order valence-corrected chi connectivity index (χ0v) is 10.7. The van der Waals surface area contributed by atoms with Crippen molar-refractivity contribution in [3.8, 4) is 0 Å². The summed E-state index contributed by atoms with van der Waals surface area (Å²) in [5, 5.41) is 3.44. The molecule has 1 unspecified atom stereocenters. The largest absolute Gasteiger partial charge is 0.334 e. The molecule has 0 aromatic heterocycles. The van der Waals surface area contributed by atoms with Crippen LogP contribution in [0.25, 0.3) is 0 Å². The van der Waals surface area contributed by atoms with Crippen LogP contribution in [0.5, 0.6) is 0 Å². The van der Waals surface area contributed by atoms with Gasteiger partial charge >= 0.3 is 0 Å². The van der Waals surface area contributed by atoms with Gasteiger partial charge < -0.3 is 10.2 Å². The van der Waals surface area contributed by atoms with Gasteiger partial charge in [-0.1, -0.05) is 18.2 Å². The van der Waals surface area contributed by atoms with Crippen molar-refractivity contribution in [1.82, 2.24) is 10.2 Å². The minimum absolute atomic E-state index is 0.217. The van der Waals surface area contributed by atoms with Gasteiger partial charge in [-0.2, -0.15) is 0 Å². The third-order valence-electron chi connectivity index (χ3n) is 4.10. The van der Waals surface area contributed by atoms with Crippen LogP contribution in [0.1, 0.15) is 35.2 Å². The summed E-state index contributed by atoms with van der Waals surface area (Å²) in [5.74, 6) is 0.963. The lowest BCUT2D eigenvalue weighted by Gasteiger charge is -2.25. The van der Waals surface area contributed by atoms with Gasteiger partial charge in [-0.05, 0) is 49.9 Å². The van der Waals surface area contributed by atoms with Crippen molar-refractivity contribution in [2.75, 3.05) is 19.6 Å². The highest BCUT2D eigenvalue weighted by atomic mass is 16.2. The fourth-order valence-corrected chi connectivity index (χ4v) is 3.00. The Morgan fingerprint density at radius 2 is 2.22 bits per heavy atom. The molecule has 96 valence electrons. The number of rotatable bonds is 3. The highest BCUT2D eigenvalue weighted by Crippen LogP contribution is 2.24. The van der Waals surface area contributed by atoms with Crippen LogP contribution in [-0.2, 0) is 6.54 Å². The first kappa shape index (κ1) is 11.7. The Bertz CT molecular complexity index is 438. The van der Waals surface area contributed by atoms with Crippen molar-refractivity contribution in [3.63, 3.8) is 0 Å². The number of benzene rings is 1. The van der Waals surface area contributed by atoms with Gasteiger partial charge in [0.15, 0.2) is 0 Å². The Morgan fingerprint density at radius 1 is 1.33 bits per heavy atom. The highest BCUT2D eigenvalue weighted by Gasteiger charge is 2.27. The number of piperidine rings is 1. The molecule has 0 saturated carbocycles. The SMILES string of the molecule is O=C1c2ccccc2CN1CCC1CCCNC1. The number of fused-ring (bicyclic) bond motifs is 1. The Labute approximate surface area is 108 Å². The average molecular weight is 244 g/mol. The second kappa shape index (κ2) is 5.11. The second-order valence-electron chi connectivity index (χ2n) is 5.38. The quantitative estimate of drug-likeness (QED) is 0.882. The monoisotopic (exact) mass is 244 g/mol. The van der Waals surface area contributed by atoms with Crippen LogP contribution in [-0.4, -0.2) is 30.4 Å². The molecule has 2 heterocycles. The maximum absolute atomic E-state index is 12.2. The maximum Gasteiger partial charge on any atom is 0.254 e. The van der Waals surface area contributed by atoms with Crippen LogP contribution in [0.2, 0.25) is 0 Å². The van der Waals surface area contributed by atoms with E-state index in [-0.39, 0.29) is 5.91 Å². The summed E-state index contributed by atoms with van der Waals surface area (Å²) in [6.45, 7) is 3.98. The van der Waals surface area contributed by atoms with Crippen molar-refractivity contribution in [2.45, 2.75) is 25.8 Å². The van der Waals surface area contributed by atoms with Crippen LogP contribution < -0.4 is 5.32 Å². The lowest BCUT2D eigenvalue weighted by Crippen LogP contribution is -2.33. The summed E-state index contributed by atoms with van der Waals surface area (Å²) < 4.78 is 0. The highest BCUT2D eigenvalue weighted by molar-refractivity contribution is 5.98. The number of hydrogen-bond acceptors (Lipinski definition) is 2. The minimum Gasteiger partial charge on any atom is -0.334 e. The standard InChI is InChI=1S/C15H20N2O/c18-15-14-6-2-1-5-13(14)11-17(15)9-7-12-4-3-8-16-10-12/h1-2,5-6,12,16H,3-4,7-11H2. The summed E-state index contributed by atoms with van der Waals surface area (Å²) in [5.41, 5.74) is 2.09. The van der Waals surface area contributed by atoms with Crippen molar-refractivity contribution >= 4 is 5.91 Å². The molecule has 1 saturated heterocycles. The summed E-state index contributed by atoms with van der Waals surface area (Å²) >= 11 is 0. The van der Waals surface area contributed by atoms with Gasteiger partial charge in [0.1, 0.15) is 0 Å². The fraction of sp³-hybridized carbons (Fsp3) is 0.533. The van der Waals surface area contributed by atoms with E-state index in [1.54, 1.807) is 0 Å². The number of carbonyl (C=O) groups excluding carboxylic acids is 1. The molecule has 0 aliphatic carbocycles. The smallest absolute Gasteiger partial charge is 0.254 e. The zero-order chi connectivity index (χ0) is 12.4. The summed E-state index contributed by atoms with van der Waals surface area (Å²) in [4.78, 5) is 14.2. The molecular weight excluding hydrogens is 224 g/mol. The molecule has 1 atom stereocenters. The molecule has 0 spiro atoms. The molecule has 1 N–H and O–H groups in total. The molecule has 1 aromatic carbocycles. The van der Waals surface area contributed by atoms with Gasteiger partial charge in [0.05, 0.1) is 0 Å². The first-order chi connectivity index (χ1) is 8.84. The summed E-state index contributed by atoms with van der Waals surface area (Å²) in [6.07, 6.45) is 3.72. The predicted octanol–water partition coefficient (Wildman–Crippen LogP) is 2.03. The first-order valence-electron chi connectivity index (χ1n) is 6.92. The third-order valence-corrected chi connectivity index (χ3v) is 4.10. The van der Waals surface area contributed by atoms with E-state index in [2.05, 4.69) is 11.4 Å². The van der Waals surface area contributed by atoms with Crippen LogP contribution in [0.15, 0.2) is 24.3 Å². The number of nitrogens with zero attached hydrogens (tertiary/aromatic N) is 1. The zero-order valence-electron chi connectivity index (χ0n) is 10.7. The van der Waals surface area contributed by atoms with Gasteiger partial charge in [-0.25, -0.2) is 0 Å². The van der Waals surface area contributed by atoms with Crippen LogP contribution in [0.4, 0.5) is 0 Å². The third kappa shape index (κ3) is 2.27. The van der Waals surface area contributed by atoms with Crippen LogP contribution >= 0.6 is 0 Å². The lowest BCUT2D eigenvalue weighted by molar-refractivity contribution is 0.0766. The Kier molecular flexibility index (Phi) is 3.33. The molecule has 3 rings (SSSR count). The second-order valence-corrected chi connectivity index (χ2v) is 5.38. The van der Waals surface area contributed by atoms with Crippen molar-refractivity contribution < 1.29 is 4.79 Å². The molecule has 2 aliphatic heterocycles. The molecule has 1 aromatic rings. The van der Waals surface area contributed by atoms with Crippen LogP contribution in [0, 0.1) is 5.92 Å². The number of nitrogens with one attached hydrogen (secondary N) is 1. The van der Waals surface area contributed by atoms with E-state index in [9.17, 15) is 4.79 Å². The Hall–Kier alpha value is -1.35. The molecule has 0 radical (unpaired) electrons. The van der Waals surface area contributed by atoms with E-state index in [0.717, 1.165) is 44.1 Å². The Morgan fingerprint density at radius 3 is 3.00 bits per heavy atom. The van der Waals surface area contributed by atoms with Crippen molar-refractivity contribution in [1.29, 1.82) is 0 Å². The van der Waals surface area contributed by atoms with Crippen molar-refractivity contribution in [3.05, 3.63) is 35.4 Å². The van der Waals surface area contributed by atoms with Crippen molar-refractivity contribution in [2.24, 2.45) is 5.92 Å². The molecule has 3 nitrogen and oxygen atoms in total. The lowest BCUT2D eigenvalue weighted by atomic mass is 9.96. The van der Waals surface area contributed by atoms with Crippen LogP contribution in [0.3, 0.4) is 0 Å². The fourth-order valence-electron chi connectivity index (χ4n) is 3.00. The first-order valence-corrected chi connectivity index (χ1v) is 6.92.